The van der Waals surface area contributed by atoms with Gasteiger partial charge in [0.1, 0.15) is 101 Å². The Kier molecular flexibility index (Phi) is 30.7. The fourth-order valence-electron chi connectivity index (χ4n) is 15.2. The number of hydrogen-bond donors (Lipinski definition) is 20. The maximum Gasteiger partial charge on any atom is 0.349 e. The molecular weight excluding hydrogens is 1780 g/mol. The molecule has 0 spiro atoms. The van der Waals surface area contributed by atoms with Crippen molar-refractivity contribution in [1.82, 2.24) is 62.5 Å². The second-order valence-electron chi connectivity index (χ2n) is 32.0. The van der Waals surface area contributed by atoms with Gasteiger partial charge in [0.25, 0.3) is 11.8 Å². The van der Waals surface area contributed by atoms with Crippen molar-refractivity contribution in [3.63, 3.8) is 0 Å². The highest BCUT2D eigenvalue weighted by Crippen LogP contribution is 2.50. The van der Waals surface area contributed by atoms with Crippen LogP contribution in [0.25, 0.3) is 11.1 Å². The molecule has 6 aromatic carbocycles. The number of carbonyl (C=O) groups is 10. The molecule has 41 nitrogen and oxygen atoms in total. The minimum Gasteiger partial charge on any atom is -0.508 e. The molecule has 8 heterocycles. The number of fused-ring (bicyclic) bond motifs is 15. The van der Waals surface area contributed by atoms with E-state index in [0.717, 1.165) is 71.6 Å². The number of primary amides is 1. The molecule has 0 saturated carbocycles. The van der Waals surface area contributed by atoms with Crippen LogP contribution in [0.1, 0.15) is 111 Å². The molecule has 2 fully saturated rings. The number of phenolic OH excluding ortho intramolecular Hbond substituents is 3. The van der Waals surface area contributed by atoms with E-state index in [0.29, 0.717) is 5.56 Å². The van der Waals surface area contributed by atoms with Crippen LogP contribution in [-0.4, -0.2) is 239 Å². The molecule has 129 heavy (non-hydrogen) atoms. The molecule has 7 aliphatic rings. The van der Waals surface area contributed by atoms with Crippen molar-refractivity contribution in [2.24, 2.45) is 11.7 Å². The van der Waals surface area contributed by atoms with Crippen LogP contribution < -0.4 is 79.0 Å². The highest BCUT2D eigenvalue weighted by molar-refractivity contribution is 6.42. The van der Waals surface area contributed by atoms with E-state index in [-0.39, 0.29) is 65.3 Å². The first kappa shape index (κ1) is 96.5. The Morgan fingerprint density at radius 2 is 1.36 bits per heavy atom. The maximum atomic E-state index is 16.4. The van der Waals surface area contributed by atoms with Crippen molar-refractivity contribution in [3.05, 3.63) is 173 Å². The van der Waals surface area contributed by atoms with Gasteiger partial charge in [-0.15, -0.1) is 0 Å². The van der Waals surface area contributed by atoms with Crippen molar-refractivity contribution in [2.75, 3.05) is 46.2 Å². The van der Waals surface area contributed by atoms with Crippen LogP contribution in [0.5, 0.6) is 46.0 Å². The number of hydrogen-bond acceptors (Lipinski definition) is 30. The van der Waals surface area contributed by atoms with E-state index >= 15 is 24.0 Å². The summed E-state index contributed by atoms with van der Waals surface area (Å²) in [6.45, 7) is 4.74. The number of nitrogens with two attached hydrogens (primary N) is 1. The zero-order chi connectivity index (χ0) is 93.6. The topological polar surface area (TPSA) is 602 Å². The molecule has 11 bridgehead atoms. The van der Waals surface area contributed by atoms with Crippen molar-refractivity contribution in [1.29, 1.82) is 0 Å². The summed E-state index contributed by atoms with van der Waals surface area (Å²) in [4.78, 5) is 170. The van der Waals surface area contributed by atoms with Gasteiger partial charge in [-0.3, -0.25) is 57.4 Å². The maximum absolute atomic E-state index is 16.4. The van der Waals surface area contributed by atoms with E-state index < -0.39 is 277 Å². The number of nitrogens with one attached hydrogen (secondary N) is 10. The summed E-state index contributed by atoms with van der Waals surface area (Å²) in [6, 6.07) is 4.99. The minimum atomic E-state index is -2.42. The second kappa shape index (κ2) is 41.0. The number of rotatable bonds is 23. The molecule has 7 aliphatic heterocycles. The highest BCUT2D eigenvalue weighted by atomic mass is 35.5. The first-order valence-corrected chi connectivity index (χ1v) is 41.7. The number of carbonyl (C=O) groups excluding carboxylic acids is 10. The number of anilines is 1. The number of ether oxygens (including phenoxy) is 6. The first-order valence-electron chi connectivity index (χ1n) is 40.2. The summed E-state index contributed by atoms with van der Waals surface area (Å²) < 4.78 is 40.6. The Hall–Kier alpha value is -11.6. The molecule has 0 radical (unpaired) electrons. The van der Waals surface area contributed by atoms with Crippen LogP contribution in [0.15, 0.2) is 114 Å². The summed E-state index contributed by atoms with van der Waals surface area (Å²) >= 11 is 26.6. The van der Waals surface area contributed by atoms with E-state index in [2.05, 4.69) is 52.8 Å². The van der Waals surface area contributed by atoms with Gasteiger partial charge in [0.05, 0.1) is 57.8 Å². The van der Waals surface area contributed by atoms with Crippen LogP contribution in [0.4, 0.5) is 5.82 Å². The minimum absolute atomic E-state index is 0.0486. The molecule has 1 aromatic heterocycles. The van der Waals surface area contributed by atoms with Crippen LogP contribution in [-0.2, 0) is 80.0 Å². The van der Waals surface area contributed by atoms with Crippen molar-refractivity contribution >= 4 is 111 Å². The third kappa shape index (κ3) is 22.3. The van der Waals surface area contributed by atoms with Gasteiger partial charge in [-0.1, -0.05) is 84.5 Å². The van der Waals surface area contributed by atoms with Gasteiger partial charge in [0.2, 0.25) is 59.3 Å². The summed E-state index contributed by atoms with van der Waals surface area (Å²) in [5.41, 5.74) is 3.21. The van der Waals surface area contributed by atoms with Gasteiger partial charge in [-0.25, -0.2) is 10.3 Å². The van der Waals surface area contributed by atoms with Crippen LogP contribution in [0.3, 0.4) is 0 Å². The van der Waals surface area contributed by atoms with Gasteiger partial charge in [-0.05, 0) is 139 Å². The van der Waals surface area contributed by atoms with E-state index in [1.807, 2.05) is 5.48 Å². The first-order chi connectivity index (χ1) is 61.1. The molecule has 21 N–H and O–H groups in total. The number of hydroxylamine groups is 1. The third-order valence-corrected chi connectivity index (χ3v) is 23.3. The Bertz CT molecular complexity index is 5540. The molecule has 690 valence electrons. The Morgan fingerprint density at radius 1 is 0.705 bits per heavy atom. The van der Waals surface area contributed by atoms with E-state index in [1.165, 1.54) is 69.2 Å². The van der Waals surface area contributed by atoms with Crippen molar-refractivity contribution in [2.45, 2.75) is 169 Å². The van der Waals surface area contributed by atoms with Crippen molar-refractivity contribution in [3.8, 4) is 57.1 Å². The lowest BCUT2D eigenvalue weighted by atomic mass is 9.85. The largest absolute Gasteiger partial charge is 0.508 e. The molecule has 0 unspecified atom stereocenters. The van der Waals surface area contributed by atoms with Crippen LogP contribution in [0, 0.1) is 5.92 Å². The smallest absolute Gasteiger partial charge is 0.349 e. The fraction of sp³-hybridized carbons (Fsp3) is 0.405. The summed E-state index contributed by atoms with van der Waals surface area (Å²) in [5.74, 6) is -17.3. The summed E-state index contributed by atoms with van der Waals surface area (Å²) in [7, 11) is 4.22. The predicted molar refractivity (Wildman–Crippen MR) is 456 cm³/mol. The zero-order valence-corrected chi connectivity index (χ0v) is 72.8. The number of halogens is 4. The van der Waals surface area contributed by atoms with E-state index in [1.54, 1.807) is 26.8 Å². The van der Waals surface area contributed by atoms with E-state index in [4.69, 9.17) is 85.4 Å². The number of phenols is 3. The van der Waals surface area contributed by atoms with Crippen LogP contribution >= 0.6 is 46.4 Å². The number of aliphatic hydroxyl groups is 6. The Balaban J connectivity index is 0.998. The van der Waals surface area contributed by atoms with Crippen molar-refractivity contribution < 1.29 is 127 Å². The summed E-state index contributed by atoms with van der Waals surface area (Å²) in [5, 5.41) is 130. The molecule has 10 amide bonds. The average Bonchev–Trinajstić information content (AvgIpc) is 0.781. The normalized spacial score (nSPS) is 25.5. The van der Waals surface area contributed by atoms with E-state index in [9.17, 15) is 74.7 Å². The van der Waals surface area contributed by atoms with Gasteiger partial charge in [0.15, 0.2) is 30.5 Å². The molecule has 0 aliphatic carbocycles. The highest BCUT2D eigenvalue weighted by Gasteiger charge is 2.52. The Labute approximate surface area is 754 Å². The monoisotopic (exact) mass is 1870 g/mol. The number of aromatic nitrogens is 2. The molecular formula is C84H94Cl4N14O27. The fourth-order valence-corrected chi connectivity index (χ4v) is 15.9. The van der Waals surface area contributed by atoms with Gasteiger partial charge >= 0.3 is 5.69 Å². The number of aromatic hydroxyl groups is 3. The van der Waals surface area contributed by atoms with Gasteiger partial charge < -0.3 is 133 Å². The Morgan fingerprint density at radius 3 is 1.98 bits per heavy atom. The molecule has 7 aromatic rings. The number of benzene rings is 6. The standard InChI is InChI=1S/C84H94Cl4N14O27/c1-34(2)20-48(90-5)75(115)98-66-68(110)38-10-14-52(46(87)24-38)125-54-26-40-27-55(72(54)129-82-73(71(113)70(112)56(32-103)127-82)128-61-31-84(4,74(114)35(3)124-61)91-17-19-102-18-16-58(94-83(102)122)93-59(108)22-36-8-12-44(85)45(86)21-36)126-53-15-11-39(25-47(53)88)69(111)67-80(120)97-65(81(121)100-123-33-60(109)101(6)7)43-28-41(104)29-51(106)62(43)42-23-37(9-13-50(42)105)63(77(117)99-67)96-78(118)64(40)95-76(116)49(30-57(89)107)92-79(66)119/h8-16,18,21,23-29,34-35,48-49,56,61,63-71,73-74,82,90-91,103-106,110-114H,17,19-20,22,30-33H2,1-7H3,(H2,89,107)(H,92,119)(H,95,116)(H,96,118)(H,97,120)(H,98,115)(H,99,117)(H,100,121)(H,93,94,108,122)/t35-,48+,49-,56+,61-,63+,64+,65+,66+,67-,68+,69+,70+,71-,73+,74+,82-,84-/m0/s1. The number of nitrogens with zero attached hydrogens (tertiary/aromatic N) is 3. The lowest BCUT2D eigenvalue weighted by Crippen LogP contribution is -2.65. The zero-order valence-electron chi connectivity index (χ0n) is 69.7. The summed E-state index contributed by atoms with van der Waals surface area (Å²) in [6.07, 6.45) is -18.5. The average molecular weight is 1870 g/mol. The number of likely N-dealkylation sites (N-methyl/N-ethyl adjacent to an activating group) is 2. The lowest BCUT2D eigenvalue weighted by molar-refractivity contribution is -0.334. The second-order valence-corrected chi connectivity index (χ2v) is 33.6. The molecule has 18 atom stereocenters. The quantitative estimate of drug-likeness (QED) is 0.0404. The SMILES string of the molecule is CN[C@H](CC(C)C)C(=O)N[C@H]1C(=O)N[C@@H](CC(N)=O)C(=O)N[C@H]2C(=O)N[C@H]3C(=O)N[C@H](C(=O)N[C@@H](C(=O)NOCC(=O)N(C)C)c4cc(O)cc(O)c4-c4cc3ccc4O)[C@H](O)c3ccc(c(Cl)c3)Oc3cc2cc(c3O[C@@H]2O[C@H](CO)[C@@H](O)[C@H](O)[C@H]2O[C@H]2C[C@](C)(NCCn3ccc(NC(=O)Cc4ccc(Cl)c(Cl)c4)nc3=O)[C@H](O)[C@H](C)O2)Oc2ccc(cc2Cl)[C@H]1O. The number of aliphatic hydroxyl groups excluding tert-OH is 6. The molecule has 2 saturated heterocycles. The van der Waals surface area contributed by atoms with Crippen LogP contribution in [0.2, 0.25) is 20.1 Å². The lowest BCUT2D eigenvalue weighted by Gasteiger charge is -2.48. The predicted octanol–water partition coefficient (Wildman–Crippen LogP) is 1.53. The molecule has 45 heteroatoms. The number of amides is 10. The van der Waals surface area contributed by atoms with Gasteiger partial charge in [-0.2, -0.15) is 4.98 Å². The third-order valence-electron chi connectivity index (χ3n) is 22.0. The molecule has 14 rings (SSSR count). The van der Waals surface area contributed by atoms with Gasteiger partial charge in [0, 0.05) is 62.5 Å².